The fourth-order valence-corrected chi connectivity index (χ4v) is 1.20. The second-order valence-electron chi connectivity index (χ2n) is 4.36. The largest absolute Gasteiger partial charge is 0.457 e. The molecule has 0 saturated carbocycles. The lowest BCUT2D eigenvalue weighted by molar-refractivity contribution is -0.153. The highest BCUT2D eigenvalue weighted by Crippen LogP contribution is 2.04. The Labute approximate surface area is 123 Å². The Morgan fingerprint density at radius 1 is 0.952 bits per heavy atom. The molecule has 0 aliphatic rings. The van der Waals surface area contributed by atoms with Crippen LogP contribution < -0.4 is 0 Å². The minimum atomic E-state index is -1.05. The summed E-state index contributed by atoms with van der Waals surface area (Å²) in [5, 5.41) is 19.4. The second-order valence-corrected chi connectivity index (χ2v) is 4.36. The molecule has 0 aliphatic heterocycles. The number of carbonyl (C=O) groups is 2. The average molecular weight is 302 g/mol. The van der Waals surface area contributed by atoms with Crippen LogP contribution in [0.1, 0.15) is 13.8 Å². The summed E-state index contributed by atoms with van der Waals surface area (Å²) in [5.41, 5.74) is 0. The Morgan fingerprint density at radius 2 is 1.29 bits per heavy atom. The van der Waals surface area contributed by atoms with E-state index in [1.807, 2.05) is 0 Å². The highest BCUT2D eigenvalue weighted by molar-refractivity contribution is 5.81. The lowest BCUT2D eigenvalue weighted by atomic mass is 10.2. The standard InChI is InChI=1S/C14H22O7/c1-5-13(17)20-9(3)11(15)7-19-8-12(16)10(4)21-14(18)6-2/h5-6,9-12,15-16H,1-2,7-8H2,3-4H3. The van der Waals surface area contributed by atoms with Crippen molar-refractivity contribution >= 4 is 11.9 Å². The lowest BCUT2D eigenvalue weighted by Gasteiger charge is -2.21. The van der Waals surface area contributed by atoms with Gasteiger partial charge < -0.3 is 24.4 Å². The Morgan fingerprint density at radius 3 is 1.57 bits per heavy atom. The molecule has 2 N–H and O–H groups in total. The number of hydrogen-bond acceptors (Lipinski definition) is 7. The molecule has 0 saturated heterocycles. The quantitative estimate of drug-likeness (QED) is 0.431. The Kier molecular flexibility index (Phi) is 9.27. The number of ether oxygens (including phenoxy) is 3. The van der Waals surface area contributed by atoms with E-state index in [0.29, 0.717) is 0 Å². The first-order valence-corrected chi connectivity index (χ1v) is 6.41. The van der Waals surface area contributed by atoms with Crippen molar-refractivity contribution in [3.05, 3.63) is 25.3 Å². The van der Waals surface area contributed by atoms with Crippen molar-refractivity contribution in [3.63, 3.8) is 0 Å². The Hall–Kier alpha value is -1.70. The molecule has 0 bridgehead atoms. The molecule has 7 heteroatoms. The molecule has 0 rings (SSSR count). The molecule has 0 aromatic heterocycles. The van der Waals surface area contributed by atoms with Gasteiger partial charge in [-0.2, -0.15) is 0 Å². The van der Waals surface area contributed by atoms with Gasteiger partial charge in [-0.25, -0.2) is 9.59 Å². The minimum absolute atomic E-state index is 0.148. The number of carbonyl (C=O) groups excluding carboxylic acids is 2. The molecule has 0 aromatic carbocycles. The predicted octanol–water partition coefficient (Wildman–Crippen LogP) is -0.0398. The van der Waals surface area contributed by atoms with Crippen molar-refractivity contribution in [3.8, 4) is 0 Å². The number of aliphatic hydroxyl groups is 2. The van der Waals surface area contributed by atoms with Crippen LogP contribution in [0.15, 0.2) is 25.3 Å². The third-order valence-electron chi connectivity index (χ3n) is 2.60. The molecule has 0 amide bonds. The van der Waals surface area contributed by atoms with E-state index in [-0.39, 0.29) is 13.2 Å². The van der Waals surface area contributed by atoms with Crippen LogP contribution >= 0.6 is 0 Å². The first kappa shape index (κ1) is 19.3. The van der Waals surface area contributed by atoms with E-state index >= 15 is 0 Å². The van der Waals surface area contributed by atoms with Gasteiger partial charge in [0.2, 0.25) is 0 Å². The van der Waals surface area contributed by atoms with Gasteiger partial charge in [-0.3, -0.25) is 0 Å². The fraction of sp³-hybridized carbons (Fsp3) is 0.571. The van der Waals surface area contributed by atoms with Crippen LogP contribution in [0.25, 0.3) is 0 Å². The molecule has 4 unspecified atom stereocenters. The molecule has 0 aliphatic carbocycles. The van der Waals surface area contributed by atoms with Gasteiger partial charge in [0.1, 0.15) is 24.4 Å². The van der Waals surface area contributed by atoms with Gasteiger partial charge in [0.25, 0.3) is 0 Å². The predicted molar refractivity (Wildman–Crippen MR) is 74.3 cm³/mol. The van der Waals surface area contributed by atoms with Crippen molar-refractivity contribution in [2.24, 2.45) is 0 Å². The van der Waals surface area contributed by atoms with Crippen LogP contribution in [0.4, 0.5) is 0 Å². The number of rotatable bonds is 10. The molecular formula is C14H22O7. The summed E-state index contributed by atoms with van der Waals surface area (Å²) >= 11 is 0. The number of hydrogen-bond donors (Lipinski definition) is 2. The highest BCUT2D eigenvalue weighted by Gasteiger charge is 2.21. The third-order valence-corrected chi connectivity index (χ3v) is 2.60. The lowest BCUT2D eigenvalue weighted by Crippen LogP contribution is -2.36. The topological polar surface area (TPSA) is 102 Å². The summed E-state index contributed by atoms with van der Waals surface area (Å²) in [4.78, 5) is 21.9. The zero-order valence-electron chi connectivity index (χ0n) is 12.2. The van der Waals surface area contributed by atoms with Crippen molar-refractivity contribution in [1.82, 2.24) is 0 Å². The molecule has 0 radical (unpaired) electrons. The zero-order valence-corrected chi connectivity index (χ0v) is 12.2. The molecular weight excluding hydrogens is 280 g/mol. The summed E-state index contributed by atoms with van der Waals surface area (Å²) < 4.78 is 14.7. The monoisotopic (exact) mass is 302 g/mol. The first-order chi connectivity index (χ1) is 9.81. The summed E-state index contributed by atoms with van der Waals surface area (Å²) in [6.07, 6.45) is -1.67. The molecule has 120 valence electrons. The summed E-state index contributed by atoms with van der Waals surface area (Å²) in [6.45, 7) is 9.18. The van der Waals surface area contributed by atoms with Crippen LogP contribution in [-0.2, 0) is 23.8 Å². The Bertz CT molecular complexity index is 332. The van der Waals surface area contributed by atoms with Gasteiger partial charge >= 0.3 is 11.9 Å². The maximum absolute atomic E-state index is 10.9. The molecule has 0 spiro atoms. The molecule has 0 aromatic rings. The van der Waals surface area contributed by atoms with Crippen LogP contribution in [0.3, 0.4) is 0 Å². The van der Waals surface area contributed by atoms with E-state index in [4.69, 9.17) is 14.2 Å². The summed E-state index contributed by atoms with van der Waals surface area (Å²) in [7, 11) is 0. The highest BCUT2D eigenvalue weighted by atomic mass is 16.6. The van der Waals surface area contributed by atoms with Gasteiger partial charge in [-0.05, 0) is 13.8 Å². The second kappa shape index (κ2) is 10.1. The van der Waals surface area contributed by atoms with E-state index in [2.05, 4.69) is 13.2 Å². The van der Waals surface area contributed by atoms with Crippen molar-refractivity contribution in [2.75, 3.05) is 13.2 Å². The van der Waals surface area contributed by atoms with Crippen LogP contribution in [-0.4, -0.2) is 59.8 Å². The summed E-state index contributed by atoms with van der Waals surface area (Å²) in [6, 6.07) is 0. The molecule has 7 nitrogen and oxygen atoms in total. The van der Waals surface area contributed by atoms with Crippen LogP contribution in [0.5, 0.6) is 0 Å². The van der Waals surface area contributed by atoms with Crippen molar-refractivity contribution < 1.29 is 34.0 Å². The van der Waals surface area contributed by atoms with E-state index in [1.165, 1.54) is 13.8 Å². The third kappa shape index (κ3) is 8.23. The van der Waals surface area contributed by atoms with Gasteiger partial charge in [-0.15, -0.1) is 0 Å². The fourth-order valence-electron chi connectivity index (χ4n) is 1.20. The van der Waals surface area contributed by atoms with Gasteiger partial charge in [0, 0.05) is 12.2 Å². The van der Waals surface area contributed by atoms with E-state index in [1.54, 1.807) is 0 Å². The van der Waals surface area contributed by atoms with Gasteiger partial charge in [0.05, 0.1) is 13.2 Å². The number of esters is 2. The summed E-state index contributed by atoms with van der Waals surface area (Å²) in [5.74, 6) is -1.29. The number of aliphatic hydroxyl groups excluding tert-OH is 2. The van der Waals surface area contributed by atoms with E-state index in [0.717, 1.165) is 12.2 Å². The van der Waals surface area contributed by atoms with Crippen LogP contribution in [0.2, 0.25) is 0 Å². The maximum Gasteiger partial charge on any atom is 0.330 e. The van der Waals surface area contributed by atoms with Gasteiger partial charge in [-0.1, -0.05) is 13.2 Å². The smallest absolute Gasteiger partial charge is 0.330 e. The Balaban J connectivity index is 4.01. The molecule has 0 heterocycles. The van der Waals surface area contributed by atoms with E-state index < -0.39 is 36.4 Å². The van der Waals surface area contributed by atoms with Crippen LogP contribution in [0, 0.1) is 0 Å². The zero-order chi connectivity index (χ0) is 16.4. The molecule has 21 heavy (non-hydrogen) atoms. The van der Waals surface area contributed by atoms with Crippen molar-refractivity contribution in [2.45, 2.75) is 38.3 Å². The van der Waals surface area contributed by atoms with E-state index in [9.17, 15) is 19.8 Å². The average Bonchev–Trinajstić information content (AvgIpc) is 2.46. The van der Waals surface area contributed by atoms with Gasteiger partial charge in [0.15, 0.2) is 0 Å². The molecule has 4 atom stereocenters. The SMILES string of the molecule is C=CC(=O)OC(C)C(O)COCC(O)C(C)OC(=O)C=C. The maximum atomic E-state index is 10.9. The van der Waals surface area contributed by atoms with Crippen molar-refractivity contribution in [1.29, 1.82) is 0 Å². The first-order valence-electron chi connectivity index (χ1n) is 6.41. The minimum Gasteiger partial charge on any atom is -0.457 e. The molecule has 0 fully saturated rings. The normalized spacial score (nSPS) is 16.2.